The molecule has 0 fully saturated rings. The highest BCUT2D eigenvalue weighted by atomic mass is 16.7. The highest BCUT2D eigenvalue weighted by Crippen LogP contribution is 2.00. The van der Waals surface area contributed by atoms with E-state index in [1.165, 1.54) is 28.4 Å². The molecule has 1 aromatic rings. The van der Waals surface area contributed by atoms with E-state index in [0.717, 1.165) is 6.42 Å². The molecule has 0 aliphatic rings. The standard InChI is InChI=1S/C11H19N3O3/c1-10(2)4-7-17-13(3)9-16-11(15)14-6-5-12-8-14/h5-6,8,10H,4,7,9H2,1-3H3. The number of imidazole rings is 1. The summed E-state index contributed by atoms with van der Waals surface area (Å²) in [5.41, 5.74) is 0. The molecule has 96 valence electrons. The van der Waals surface area contributed by atoms with Gasteiger partial charge < -0.3 is 4.74 Å². The van der Waals surface area contributed by atoms with Crippen molar-refractivity contribution < 1.29 is 14.4 Å². The van der Waals surface area contributed by atoms with Crippen LogP contribution < -0.4 is 0 Å². The SMILES string of the molecule is CC(C)CCON(C)COC(=O)n1ccnc1. The van der Waals surface area contributed by atoms with E-state index in [4.69, 9.17) is 9.57 Å². The molecule has 0 atom stereocenters. The van der Waals surface area contributed by atoms with Gasteiger partial charge in [-0.05, 0) is 12.3 Å². The molecule has 0 bridgehead atoms. The molecule has 0 saturated carbocycles. The lowest BCUT2D eigenvalue weighted by molar-refractivity contribution is -0.180. The van der Waals surface area contributed by atoms with Crippen molar-refractivity contribution in [3.8, 4) is 0 Å². The van der Waals surface area contributed by atoms with Gasteiger partial charge in [0.25, 0.3) is 0 Å². The first-order valence-electron chi connectivity index (χ1n) is 5.58. The van der Waals surface area contributed by atoms with Gasteiger partial charge in [0.2, 0.25) is 0 Å². The van der Waals surface area contributed by atoms with Crippen molar-refractivity contribution in [3.05, 3.63) is 18.7 Å². The maximum absolute atomic E-state index is 11.4. The Morgan fingerprint density at radius 3 is 2.88 bits per heavy atom. The minimum atomic E-state index is -0.471. The normalized spacial score (nSPS) is 11.1. The molecule has 0 radical (unpaired) electrons. The maximum atomic E-state index is 11.4. The van der Waals surface area contributed by atoms with E-state index >= 15 is 0 Å². The number of hydrogen-bond donors (Lipinski definition) is 0. The Morgan fingerprint density at radius 2 is 2.29 bits per heavy atom. The highest BCUT2D eigenvalue weighted by Gasteiger charge is 2.07. The van der Waals surface area contributed by atoms with Crippen molar-refractivity contribution in [2.45, 2.75) is 20.3 Å². The number of rotatable bonds is 6. The molecule has 6 nitrogen and oxygen atoms in total. The van der Waals surface area contributed by atoms with Crippen molar-refractivity contribution in [1.82, 2.24) is 14.6 Å². The monoisotopic (exact) mass is 241 g/mol. The summed E-state index contributed by atoms with van der Waals surface area (Å²) in [7, 11) is 1.72. The zero-order chi connectivity index (χ0) is 12.7. The van der Waals surface area contributed by atoms with Gasteiger partial charge in [-0.1, -0.05) is 13.8 Å². The number of carbonyl (C=O) groups is 1. The molecule has 6 heteroatoms. The van der Waals surface area contributed by atoms with Gasteiger partial charge in [0.1, 0.15) is 6.33 Å². The van der Waals surface area contributed by atoms with Crippen LogP contribution in [0.25, 0.3) is 0 Å². The van der Waals surface area contributed by atoms with Crippen molar-refractivity contribution in [2.75, 3.05) is 20.4 Å². The van der Waals surface area contributed by atoms with Crippen LogP contribution in [-0.4, -0.2) is 41.1 Å². The molecule has 0 saturated heterocycles. The topological polar surface area (TPSA) is 56.6 Å². The van der Waals surface area contributed by atoms with Gasteiger partial charge in [-0.2, -0.15) is 5.06 Å². The van der Waals surface area contributed by atoms with E-state index in [-0.39, 0.29) is 6.73 Å². The summed E-state index contributed by atoms with van der Waals surface area (Å²) in [6.07, 6.45) is 4.94. The van der Waals surface area contributed by atoms with Gasteiger partial charge in [-0.25, -0.2) is 14.3 Å². The Morgan fingerprint density at radius 1 is 1.53 bits per heavy atom. The van der Waals surface area contributed by atoms with Crippen LogP contribution in [0.1, 0.15) is 20.3 Å². The minimum Gasteiger partial charge on any atom is -0.431 e. The molecule has 0 aliphatic heterocycles. The minimum absolute atomic E-state index is 0.0924. The molecular formula is C11H19N3O3. The average Bonchev–Trinajstić information content (AvgIpc) is 2.78. The van der Waals surface area contributed by atoms with E-state index in [1.54, 1.807) is 7.05 Å². The predicted octanol–water partition coefficient (Wildman–Crippen LogP) is 1.73. The van der Waals surface area contributed by atoms with Crippen LogP contribution in [0.4, 0.5) is 4.79 Å². The Hall–Kier alpha value is -1.40. The predicted molar refractivity (Wildman–Crippen MR) is 62.1 cm³/mol. The first-order valence-corrected chi connectivity index (χ1v) is 5.58. The third-order valence-corrected chi connectivity index (χ3v) is 2.09. The van der Waals surface area contributed by atoms with E-state index in [9.17, 15) is 4.79 Å². The van der Waals surface area contributed by atoms with Gasteiger partial charge in [0, 0.05) is 19.4 Å². The smallest absolute Gasteiger partial charge is 0.420 e. The molecule has 1 rings (SSSR count). The van der Waals surface area contributed by atoms with Crippen LogP contribution in [0.3, 0.4) is 0 Å². The van der Waals surface area contributed by atoms with Crippen LogP contribution >= 0.6 is 0 Å². The number of ether oxygens (including phenoxy) is 1. The fourth-order valence-electron chi connectivity index (χ4n) is 1.07. The number of hydrogen-bond acceptors (Lipinski definition) is 5. The van der Waals surface area contributed by atoms with Crippen molar-refractivity contribution in [1.29, 1.82) is 0 Å². The summed E-state index contributed by atoms with van der Waals surface area (Å²) >= 11 is 0. The summed E-state index contributed by atoms with van der Waals surface area (Å²) in [5.74, 6) is 0.594. The zero-order valence-corrected chi connectivity index (χ0v) is 10.5. The lowest BCUT2D eigenvalue weighted by Crippen LogP contribution is -2.26. The Bertz CT molecular complexity index is 325. The van der Waals surface area contributed by atoms with Gasteiger partial charge in [-0.15, -0.1) is 0 Å². The number of hydroxylamine groups is 2. The molecule has 0 aliphatic carbocycles. The molecule has 0 unspecified atom stereocenters. The summed E-state index contributed by atoms with van der Waals surface area (Å²) in [6, 6.07) is 0. The third-order valence-electron chi connectivity index (χ3n) is 2.09. The molecule has 0 N–H and O–H groups in total. The summed E-state index contributed by atoms with van der Waals surface area (Å²) in [6.45, 7) is 4.97. The third kappa shape index (κ3) is 5.46. The Labute approximate surface area is 101 Å². The van der Waals surface area contributed by atoms with E-state index in [1.807, 2.05) is 0 Å². The van der Waals surface area contributed by atoms with Crippen molar-refractivity contribution in [2.24, 2.45) is 5.92 Å². The second-order valence-corrected chi connectivity index (χ2v) is 4.15. The first kappa shape index (κ1) is 13.7. The Balaban J connectivity index is 2.15. The molecule has 1 heterocycles. The van der Waals surface area contributed by atoms with E-state index in [2.05, 4.69) is 18.8 Å². The fraction of sp³-hybridized carbons (Fsp3) is 0.636. The lowest BCUT2D eigenvalue weighted by atomic mass is 10.1. The van der Waals surface area contributed by atoms with E-state index in [0.29, 0.717) is 12.5 Å². The summed E-state index contributed by atoms with van der Waals surface area (Å²) < 4.78 is 6.26. The van der Waals surface area contributed by atoms with Gasteiger partial charge >= 0.3 is 6.09 Å². The first-order chi connectivity index (χ1) is 8.09. The molecular weight excluding hydrogens is 222 g/mol. The van der Waals surface area contributed by atoms with E-state index < -0.39 is 6.09 Å². The zero-order valence-electron chi connectivity index (χ0n) is 10.5. The number of nitrogens with zero attached hydrogens (tertiary/aromatic N) is 3. The Kier molecular flexibility index (Phi) is 5.65. The second kappa shape index (κ2) is 7.03. The molecule has 0 aromatic carbocycles. The van der Waals surface area contributed by atoms with Gasteiger partial charge in [0.05, 0.1) is 6.61 Å². The van der Waals surface area contributed by atoms with Crippen LogP contribution in [-0.2, 0) is 9.57 Å². The quantitative estimate of drug-likeness (QED) is 0.561. The van der Waals surface area contributed by atoms with Crippen molar-refractivity contribution >= 4 is 6.09 Å². The van der Waals surface area contributed by atoms with Crippen LogP contribution in [0.2, 0.25) is 0 Å². The van der Waals surface area contributed by atoms with Crippen LogP contribution in [0.15, 0.2) is 18.7 Å². The molecule has 1 aromatic heterocycles. The molecule has 0 spiro atoms. The second-order valence-electron chi connectivity index (χ2n) is 4.15. The summed E-state index contributed by atoms with van der Waals surface area (Å²) in [4.78, 5) is 20.5. The summed E-state index contributed by atoms with van der Waals surface area (Å²) in [5, 5.41) is 1.50. The largest absolute Gasteiger partial charge is 0.431 e. The van der Waals surface area contributed by atoms with Crippen LogP contribution in [0.5, 0.6) is 0 Å². The fourth-order valence-corrected chi connectivity index (χ4v) is 1.07. The maximum Gasteiger partial charge on any atom is 0.420 e. The molecule has 0 amide bonds. The van der Waals surface area contributed by atoms with Crippen molar-refractivity contribution in [3.63, 3.8) is 0 Å². The average molecular weight is 241 g/mol. The number of aromatic nitrogens is 2. The molecule has 17 heavy (non-hydrogen) atoms. The van der Waals surface area contributed by atoms with Crippen LogP contribution in [0, 0.1) is 5.92 Å². The number of carbonyl (C=O) groups excluding carboxylic acids is 1. The van der Waals surface area contributed by atoms with Gasteiger partial charge in [0.15, 0.2) is 6.73 Å². The van der Waals surface area contributed by atoms with Gasteiger partial charge in [-0.3, -0.25) is 4.84 Å². The highest BCUT2D eigenvalue weighted by molar-refractivity contribution is 5.69. The lowest BCUT2D eigenvalue weighted by Gasteiger charge is -2.17.